The van der Waals surface area contributed by atoms with Crippen molar-refractivity contribution in [1.29, 1.82) is 0 Å². The lowest BCUT2D eigenvalue weighted by atomic mass is 10.1. The number of halogens is 2. The van der Waals surface area contributed by atoms with E-state index in [2.05, 4.69) is 9.97 Å². The topological polar surface area (TPSA) is 28.7 Å². The summed E-state index contributed by atoms with van der Waals surface area (Å²) in [5.74, 6) is 0.414. The number of H-pyrrole nitrogens is 1. The van der Waals surface area contributed by atoms with E-state index in [-0.39, 0.29) is 5.82 Å². The van der Waals surface area contributed by atoms with E-state index in [9.17, 15) is 4.39 Å². The number of nitrogens with one attached hydrogen (secondary N) is 1. The average Bonchev–Trinajstić information content (AvgIpc) is 2.75. The third-order valence-electron chi connectivity index (χ3n) is 3.09. The van der Waals surface area contributed by atoms with E-state index in [1.807, 2.05) is 25.1 Å². The Balaban J connectivity index is 2.01. The van der Waals surface area contributed by atoms with Gasteiger partial charge in [0.15, 0.2) is 0 Å². The lowest BCUT2D eigenvalue weighted by Gasteiger charge is -2.03. The predicted octanol–water partition coefficient (Wildman–Crippen LogP) is 4.25. The van der Waals surface area contributed by atoms with Crippen LogP contribution >= 0.6 is 11.6 Å². The summed E-state index contributed by atoms with van der Waals surface area (Å²) in [6, 6.07) is 10.7. The van der Waals surface area contributed by atoms with Crippen molar-refractivity contribution in [3.05, 3.63) is 64.2 Å². The number of aromatic nitrogens is 2. The largest absolute Gasteiger partial charge is 0.342 e. The van der Waals surface area contributed by atoms with Crippen LogP contribution < -0.4 is 0 Å². The van der Waals surface area contributed by atoms with E-state index in [1.165, 1.54) is 6.07 Å². The highest BCUT2D eigenvalue weighted by Crippen LogP contribution is 2.22. The fourth-order valence-electron chi connectivity index (χ4n) is 2.13. The molecule has 0 saturated carbocycles. The summed E-state index contributed by atoms with van der Waals surface area (Å²) in [4.78, 5) is 7.65. The Bertz CT molecular complexity index is 729. The fraction of sp³-hybridized carbons (Fsp3) is 0.133. The van der Waals surface area contributed by atoms with Gasteiger partial charge in [0.25, 0.3) is 0 Å². The molecule has 96 valence electrons. The first-order chi connectivity index (χ1) is 9.13. The third kappa shape index (κ3) is 2.34. The summed E-state index contributed by atoms with van der Waals surface area (Å²) in [7, 11) is 0. The van der Waals surface area contributed by atoms with Crippen molar-refractivity contribution in [3.63, 3.8) is 0 Å². The van der Waals surface area contributed by atoms with Gasteiger partial charge in [-0.05, 0) is 36.8 Å². The van der Waals surface area contributed by atoms with Gasteiger partial charge in [-0.1, -0.05) is 23.7 Å². The van der Waals surface area contributed by atoms with Crippen LogP contribution in [0.15, 0.2) is 36.4 Å². The second-order valence-electron chi connectivity index (χ2n) is 4.58. The number of fused-ring (bicyclic) bond motifs is 1. The van der Waals surface area contributed by atoms with Gasteiger partial charge in [-0.15, -0.1) is 0 Å². The Morgan fingerprint density at radius 3 is 2.89 bits per heavy atom. The first-order valence-corrected chi connectivity index (χ1v) is 6.39. The number of rotatable bonds is 2. The van der Waals surface area contributed by atoms with Gasteiger partial charge < -0.3 is 4.98 Å². The second kappa shape index (κ2) is 4.67. The van der Waals surface area contributed by atoms with Crippen molar-refractivity contribution in [2.45, 2.75) is 13.3 Å². The van der Waals surface area contributed by atoms with Crippen LogP contribution in [0.4, 0.5) is 4.39 Å². The van der Waals surface area contributed by atoms with E-state index in [0.29, 0.717) is 22.8 Å². The van der Waals surface area contributed by atoms with E-state index >= 15 is 0 Å². The molecule has 1 aromatic heterocycles. The minimum atomic E-state index is -0.302. The van der Waals surface area contributed by atoms with Crippen LogP contribution in [-0.2, 0) is 6.42 Å². The molecular formula is C15H12ClFN2. The van der Waals surface area contributed by atoms with Crippen molar-refractivity contribution in [2.75, 3.05) is 0 Å². The van der Waals surface area contributed by atoms with Gasteiger partial charge in [0.2, 0.25) is 0 Å². The normalized spacial score (nSPS) is 11.1. The molecule has 1 N–H and O–H groups in total. The third-order valence-corrected chi connectivity index (χ3v) is 3.45. The number of benzene rings is 2. The van der Waals surface area contributed by atoms with Crippen molar-refractivity contribution in [1.82, 2.24) is 9.97 Å². The van der Waals surface area contributed by atoms with Crippen LogP contribution in [0.1, 0.15) is 17.0 Å². The maximum atomic E-state index is 13.7. The summed E-state index contributed by atoms with van der Waals surface area (Å²) >= 11 is 6.02. The SMILES string of the molecule is Cc1ccc2nc(Cc3c(F)cccc3Cl)[nH]c2c1. The van der Waals surface area contributed by atoms with E-state index in [1.54, 1.807) is 12.1 Å². The summed E-state index contributed by atoms with van der Waals surface area (Å²) in [6.45, 7) is 2.02. The average molecular weight is 275 g/mol. The molecule has 0 fully saturated rings. The summed E-state index contributed by atoms with van der Waals surface area (Å²) in [5.41, 5.74) is 3.47. The second-order valence-corrected chi connectivity index (χ2v) is 4.99. The van der Waals surface area contributed by atoms with Gasteiger partial charge in [0, 0.05) is 17.0 Å². The Morgan fingerprint density at radius 1 is 1.26 bits per heavy atom. The Labute approximate surface area is 115 Å². The summed E-state index contributed by atoms with van der Waals surface area (Å²) < 4.78 is 13.7. The standard InChI is InChI=1S/C15H12ClFN2/c1-9-5-6-13-14(7-9)19-15(18-13)8-10-11(16)3-2-4-12(10)17/h2-7H,8H2,1H3,(H,18,19). The van der Waals surface area contributed by atoms with Crippen LogP contribution in [0, 0.1) is 12.7 Å². The minimum Gasteiger partial charge on any atom is -0.342 e. The van der Waals surface area contributed by atoms with E-state index in [0.717, 1.165) is 16.6 Å². The number of aryl methyl sites for hydroxylation is 1. The van der Waals surface area contributed by atoms with Crippen molar-refractivity contribution in [2.24, 2.45) is 0 Å². The molecule has 0 saturated heterocycles. The first kappa shape index (κ1) is 12.2. The summed E-state index contributed by atoms with van der Waals surface area (Å²) in [5, 5.41) is 0.427. The van der Waals surface area contributed by atoms with Crippen molar-refractivity contribution in [3.8, 4) is 0 Å². The molecule has 2 aromatic carbocycles. The number of aromatic amines is 1. The molecule has 2 nitrogen and oxygen atoms in total. The zero-order valence-corrected chi connectivity index (χ0v) is 11.1. The maximum Gasteiger partial charge on any atom is 0.128 e. The molecule has 0 bridgehead atoms. The Kier molecular flexibility index (Phi) is 2.99. The molecular weight excluding hydrogens is 263 g/mol. The summed E-state index contributed by atoms with van der Waals surface area (Å²) in [6.07, 6.45) is 0.360. The van der Waals surface area contributed by atoms with Crippen LogP contribution in [-0.4, -0.2) is 9.97 Å². The van der Waals surface area contributed by atoms with Gasteiger partial charge >= 0.3 is 0 Å². The number of hydrogen-bond acceptors (Lipinski definition) is 1. The number of nitrogens with zero attached hydrogens (tertiary/aromatic N) is 1. The fourth-order valence-corrected chi connectivity index (χ4v) is 2.36. The van der Waals surface area contributed by atoms with Crippen LogP contribution in [0.3, 0.4) is 0 Å². The molecule has 3 aromatic rings. The highest BCUT2D eigenvalue weighted by Gasteiger charge is 2.10. The Morgan fingerprint density at radius 2 is 2.11 bits per heavy atom. The molecule has 0 aliphatic heterocycles. The first-order valence-electron chi connectivity index (χ1n) is 6.01. The number of imidazole rings is 1. The zero-order valence-electron chi connectivity index (χ0n) is 10.4. The predicted molar refractivity (Wildman–Crippen MR) is 75.0 cm³/mol. The quantitative estimate of drug-likeness (QED) is 0.743. The lowest BCUT2D eigenvalue weighted by molar-refractivity contribution is 0.612. The smallest absolute Gasteiger partial charge is 0.128 e. The van der Waals surface area contributed by atoms with E-state index < -0.39 is 0 Å². The van der Waals surface area contributed by atoms with Crippen LogP contribution in [0.2, 0.25) is 5.02 Å². The van der Waals surface area contributed by atoms with Crippen LogP contribution in [0.5, 0.6) is 0 Å². The van der Waals surface area contributed by atoms with Gasteiger partial charge in [-0.2, -0.15) is 0 Å². The van der Waals surface area contributed by atoms with Gasteiger partial charge in [-0.3, -0.25) is 0 Å². The van der Waals surface area contributed by atoms with Crippen LogP contribution in [0.25, 0.3) is 11.0 Å². The monoisotopic (exact) mass is 274 g/mol. The molecule has 3 rings (SSSR count). The highest BCUT2D eigenvalue weighted by atomic mass is 35.5. The zero-order chi connectivity index (χ0) is 13.4. The molecule has 0 amide bonds. The molecule has 0 unspecified atom stereocenters. The maximum absolute atomic E-state index is 13.7. The van der Waals surface area contributed by atoms with Gasteiger partial charge in [0.05, 0.1) is 11.0 Å². The molecule has 0 radical (unpaired) electrons. The number of hydrogen-bond donors (Lipinski definition) is 1. The molecule has 0 aliphatic rings. The Hall–Kier alpha value is -1.87. The minimum absolute atomic E-state index is 0.302. The van der Waals surface area contributed by atoms with Crippen molar-refractivity contribution >= 4 is 22.6 Å². The molecule has 0 atom stereocenters. The lowest BCUT2D eigenvalue weighted by Crippen LogP contribution is -1.95. The van der Waals surface area contributed by atoms with Gasteiger partial charge in [0.1, 0.15) is 11.6 Å². The van der Waals surface area contributed by atoms with E-state index in [4.69, 9.17) is 11.6 Å². The molecule has 0 aliphatic carbocycles. The molecule has 19 heavy (non-hydrogen) atoms. The van der Waals surface area contributed by atoms with Gasteiger partial charge in [-0.25, -0.2) is 9.37 Å². The molecule has 0 spiro atoms. The molecule has 4 heteroatoms. The van der Waals surface area contributed by atoms with Crippen molar-refractivity contribution < 1.29 is 4.39 Å². The highest BCUT2D eigenvalue weighted by molar-refractivity contribution is 6.31. The molecule has 1 heterocycles.